The molecule has 0 atom stereocenters. The fourth-order valence-corrected chi connectivity index (χ4v) is 1.93. The molecule has 4 heteroatoms. The zero-order valence-corrected chi connectivity index (χ0v) is 12.6. The van der Waals surface area contributed by atoms with E-state index in [0.717, 1.165) is 12.8 Å². The minimum Gasteiger partial charge on any atom is -0.488 e. The van der Waals surface area contributed by atoms with Gasteiger partial charge in [-0.25, -0.2) is 8.78 Å². The molecule has 0 unspecified atom stereocenters. The van der Waals surface area contributed by atoms with Crippen molar-refractivity contribution in [1.29, 1.82) is 0 Å². The van der Waals surface area contributed by atoms with Crippen molar-refractivity contribution in [2.45, 2.75) is 38.9 Å². The molecule has 0 N–H and O–H groups in total. The van der Waals surface area contributed by atoms with Gasteiger partial charge in [0.25, 0.3) is 0 Å². The average Bonchev–Trinajstić information content (AvgIpc) is 2.25. The zero-order chi connectivity index (χ0) is 13.8. The van der Waals surface area contributed by atoms with Crippen molar-refractivity contribution in [2.24, 2.45) is 5.41 Å². The Balaban J connectivity index is 2.57. The molecule has 0 saturated carbocycles. The lowest BCUT2D eigenvalue weighted by atomic mass is 9.91. The second-order valence-corrected chi connectivity index (χ2v) is 6.10. The zero-order valence-electron chi connectivity index (χ0n) is 11.0. The van der Waals surface area contributed by atoms with E-state index in [2.05, 4.69) is 36.7 Å². The minimum absolute atomic E-state index is 0.209. The van der Waals surface area contributed by atoms with Crippen molar-refractivity contribution in [1.82, 2.24) is 0 Å². The molecule has 0 aromatic heterocycles. The molecule has 102 valence electrons. The van der Waals surface area contributed by atoms with Crippen LogP contribution in [0.2, 0.25) is 0 Å². The van der Waals surface area contributed by atoms with Gasteiger partial charge in [0.05, 0.1) is 6.61 Å². The van der Waals surface area contributed by atoms with E-state index >= 15 is 0 Å². The highest BCUT2D eigenvalue weighted by Gasteiger charge is 2.13. The van der Waals surface area contributed by atoms with Crippen LogP contribution in [0.4, 0.5) is 8.78 Å². The SMILES string of the molecule is CC(C)(C)CCCOc1c(F)cc(CBr)cc1F. The summed E-state index contributed by atoms with van der Waals surface area (Å²) in [6.07, 6.45) is 1.73. The second-order valence-electron chi connectivity index (χ2n) is 5.53. The van der Waals surface area contributed by atoms with Crippen LogP contribution in [0.3, 0.4) is 0 Å². The van der Waals surface area contributed by atoms with E-state index in [4.69, 9.17) is 4.74 Å². The van der Waals surface area contributed by atoms with Gasteiger partial charge in [0.15, 0.2) is 17.4 Å². The summed E-state index contributed by atoms with van der Waals surface area (Å²) in [4.78, 5) is 0. The van der Waals surface area contributed by atoms with Crippen LogP contribution in [0.15, 0.2) is 12.1 Å². The number of hydrogen-bond acceptors (Lipinski definition) is 1. The van der Waals surface area contributed by atoms with Gasteiger partial charge in [-0.05, 0) is 36.0 Å². The van der Waals surface area contributed by atoms with Gasteiger partial charge in [0.2, 0.25) is 0 Å². The summed E-state index contributed by atoms with van der Waals surface area (Å²) in [7, 11) is 0. The van der Waals surface area contributed by atoms with E-state index in [-0.39, 0.29) is 11.2 Å². The second kappa shape index (κ2) is 6.50. The highest BCUT2D eigenvalue weighted by Crippen LogP contribution is 2.25. The first kappa shape index (κ1) is 15.4. The van der Waals surface area contributed by atoms with Crippen LogP contribution in [0.25, 0.3) is 0 Å². The van der Waals surface area contributed by atoms with E-state index in [9.17, 15) is 8.78 Å². The Labute approximate surface area is 116 Å². The summed E-state index contributed by atoms with van der Waals surface area (Å²) >= 11 is 3.16. The smallest absolute Gasteiger partial charge is 0.190 e. The maximum absolute atomic E-state index is 13.6. The summed E-state index contributed by atoms with van der Waals surface area (Å²) in [5, 5.41) is 0.422. The fourth-order valence-electron chi connectivity index (χ4n) is 1.60. The first-order chi connectivity index (χ1) is 8.33. The molecule has 0 aliphatic carbocycles. The Morgan fingerprint density at radius 2 is 1.72 bits per heavy atom. The Kier molecular flexibility index (Phi) is 5.57. The molecule has 18 heavy (non-hydrogen) atoms. The van der Waals surface area contributed by atoms with Gasteiger partial charge in [0.1, 0.15) is 0 Å². The molecule has 0 heterocycles. The van der Waals surface area contributed by atoms with Crippen molar-refractivity contribution >= 4 is 15.9 Å². The molecular formula is C14H19BrF2O. The first-order valence-corrected chi connectivity index (χ1v) is 7.12. The van der Waals surface area contributed by atoms with Crippen LogP contribution < -0.4 is 4.74 Å². The van der Waals surface area contributed by atoms with Gasteiger partial charge < -0.3 is 4.74 Å². The van der Waals surface area contributed by atoms with Gasteiger partial charge in [-0.15, -0.1) is 0 Å². The lowest BCUT2D eigenvalue weighted by Crippen LogP contribution is -2.09. The Morgan fingerprint density at radius 3 is 2.17 bits per heavy atom. The molecule has 1 aromatic carbocycles. The standard InChI is InChI=1S/C14H19BrF2O/c1-14(2,3)5-4-6-18-13-11(16)7-10(9-15)8-12(13)17/h7-8H,4-6,9H2,1-3H3. The summed E-state index contributed by atoms with van der Waals surface area (Å²) in [5.41, 5.74) is 0.771. The molecule has 1 nitrogen and oxygen atoms in total. The van der Waals surface area contributed by atoms with E-state index in [1.54, 1.807) is 0 Å². The molecular weight excluding hydrogens is 302 g/mol. The highest BCUT2D eigenvalue weighted by atomic mass is 79.9. The van der Waals surface area contributed by atoms with Crippen LogP contribution >= 0.6 is 15.9 Å². The van der Waals surface area contributed by atoms with Gasteiger partial charge in [0, 0.05) is 5.33 Å². The summed E-state index contributed by atoms with van der Waals surface area (Å²) < 4.78 is 32.3. The molecule has 1 aromatic rings. The molecule has 0 fully saturated rings. The third-order valence-electron chi connectivity index (χ3n) is 2.53. The number of hydrogen-bond donors (Lipinski definition) is 0. The van der Waals surface area contributed by atoms with Crippen molar-refractivity contribution < 1.29 is 13.5 Å². The van der Waals surface area contributed by atoms with Crippen molar-refractivity contribution in [3.05, 3.63) is 29.3 Å². The topological polar surface area (TPSA) is 9.23 Å². The molecule has 0 aliphatic heterocycles. The Bertz CT molecular complexity index is 376. The van der Waals surface area contributed by atoms with E-state index in [0.29, 0.717) is 17.5 Å². The van der Waals surface area contributed by atoms with Crippen LogP contribution in [-0.2, 0) is 5.33 Å². The third kappa shape index (κ3) is 4.92. The number of benzene rings is 1. The normalized spacial score (nSPS) is 11.7. The molecule has 0 radical (unpaired) electrons. The van der Waals surface area contributed by atoms with Crippen molar-refractivity contribution in [3.8, 4) is 5.75 Å². The summed E-state index contributed by atoms with van der Waals surface area (Å²) in [6, 6.07) is 2.58. The summed E-state index contributed by atoms with van der Waals surface area (Å²) in [6.45, 7) is 6.70. The highest BCUT2D eigenvalue weighted by molar-refractivity contribution is 9.08. The number of ether oxygens (including phenoxy) is 1. The van der Waals surface area contributed by atoms with Crippen molar-refractivity contribution in [2.75, 3.05) is 6.61 Å². The quantitative estimate of drug-likeness (QED) is 0.544. The first-order valence-electron chi connectivity index (χ1n) is 6.00. The predicted octanol–water partition coefficient (Wildman–Crippen LogP) is 5.06. The molecule has 0 bridgehead atoms. The van der Waals surface area contributed by atoms with Gasteiger partial charge in [-0.2, -0.15) is 0 Å². The van der Waals surface area contributed by atoms with E-state index in [1.807, 2.05) is 0 Å². The average molecular weight is 321 g/mol. The molecule has 0 saturated heterocycles. The monoisotopic (exact) mass is 320 g/mol. The van der Waals surface area contributed by atoms with Crippen LogP contribution in [-0.4, -0.2) is 6.61 Å². The van der Waals surface area contributed by atoms with E-state index < -0.39 is 11.6 Å². The van der Waals surface area contributed by atoms with E-state index in [1.165, 1.54) is 12.1 Å². The molecule has 0 spiro atoms. The Morgan fingerprint density at radius 1 is 1.17 bits per heavy atom. The lowest BCUT2D eigenvalue weighted by Gasteiger charge is -2.18. The maximum Gasteiger partial charge on any atom is 0.190 e. The molecule has 0 aliphatic rings. The van der Waals surface area contributed by atoms with Crippen LogP contribution in [0.5, 0.6) is 5.75 Å². The number of alkyl halides is 1. The molecule has 1 rings (SSSR count). The minimum atomic E-state index is -0.639. The molecule has 0 amide bonds. The largest absolute Gasteiger partial charge is 0.488 e. The van der Waals surface area contributed by atoms with Gasteiger partial charge in [-0.1, -0.05) is 36.7 Å². The summed E-state index contributed by atoms with van der Waals surface area (Å²) in [5.74, 6) is -1.55. The fraction of sp³-hybridized carbons (Fsp3) is 0.571. The number of halogens is 3. The third-order valence-corrected chi connectivity index (χ3v) is 3.18. The van der Waals surface area contributed by atoms with Crippen LogP contribution in [0.1, 0.15) is 39.2 Å². The maximum atomic E-state index is 13.6. The van der Waals surface area contributed by atoms with Gasteiger partial charge in [-0.3, -0.25) is 0 Å². The lowest BCUT2D eigenvalue weighted by molar-refractivity contribution is 0.250. The Hall–Kier alpha value is -0.640. The van der Waals surface area contributed by atoms with Crippen molar-refractivity contribution in [3.63, 3.8) is 0 Å². The predicted molar refractivity (Wildman–Crippen MR) is 73.2 cm³/mol. The number of rotatable bonds is 5. The van der Waals surface area contributed by atoms with Crippen LogP contribution in [0, 0.1) is 17.0 Å². The van der Waals surface area contributed by atoms with Gasteiger partial charge >= 0.3 is 0 Å².